The Balaban J connectivity index is 2.11. The van der Waals surface area contributed by atoms with E-state index in [-0.39, 0.29) is 24.3 Å². The zero-order chi connectivity index (χ0) is 20.6. The molecule has 2 heterocycles. The summed E-state index contributed by atoms with van der Waals surface area (Å²) in [7, 11) is -1.29. The van der Waals surface area contributed by atoms with E-state index in [1.807, 2.05) is 20.8 Å². The van der Waals surface area contributed by atoms with Crippen molar-refractivity contribution in [2.24, 2.45) is 0 Å². The molecule has 0 unspecified atom stereocenters. The van der Waals surface area contributed by atoms with Crippen molar-refractivity contribution in [2.75, 3.05) is 13.2 Å². The molecule has 4 atom stereocenters. The summed E-state index contributed by atoms with van der Waals surface area (Å²) >= 11 is 0. The predicted molar refractivity (Wildman–Crippen MR) is 107 cm³/mol. The maximum absolute atomic E-state index is 12.7. The number of aliphatic hydroxyl groups excluding tert-OH is 1. The number of nitrogens with zero attached hydrogens (tertiary/aromatic N) is 2. The van der Waals surface area contributed by atoms with Gasteiger partial charge in [0.2, 0.25) is 0 Å². The zero-order valence-corrected chi connectivity index (χ0v) is 18.8. The third kappa shape index (κ3) is 5.60. The van der Waals surface area contributed by atoms with Crippen molar-refractivity contribution < 1.29 is 24.2 Å². The largest absolute Gasteiger partial charge is 0.450 e. The van der Waals surface area contributed by atoms with E-state index in [0.717, 1.165) is 18.9 Å². The van der Waals surface area contributed by atoms with Crippen molar-refractivity contribution in [1.82, 2.24) is 9.80 Å². The summed E-state index contributed by atoms with van der Waals surface area (Å²) in [6.07, 6.45) is 0.0278. The third-order valence-electron chi connectivity index (χ3n) is 5.12. The maximum atomic E-state index is 12.7. The van der Waals surface area contributed by atoms with Gasteiger partial charge >= 0.3 is 12.2 Å². The van der Waals surface area contributed by atoms with Crippen molar-refractivity contribution in [3.05, 3.63) is 0 Å². The van der Waals surface area contributed by atoms with E-state index in [9.17, 15) is 14.7 Å². The predicted octanol–water partition coefficient (Wildman–Crippen LogP) is 3.29. The van der Waals surface area contributed by atoms with Gasteiger partial charge in [-0.05, 0) is 46.6 Å². The maximum Gasteiger partial charge on any atom is 0.410 e. The van der Waals surface area contributed by atoms with Crippen LogP contribution in [0.15, 0.2) is 0 Å². The molecule has 8 heteroatoms. The second kappa shape index (κ2) is 7.99. The summed E-state index contributed by atoms with van der Waals surface area (Å²) in [4.78, 5) is 28.7. The molecule has 156 valence electrons. The molecule has 0 aromatic rings. The number of rotatable bonds is 4. The average Bonchev–Trinajstić information content (AvgIpc) is 2.77. The number of carbonyl (C=O) groups is 2. The molecule has 0 aliphatic carbocycles. The van der Waals surface area contributed by atoms with Gasteiger partial charge in [-0.25, -0.2) is 9.59 Å². The normalized spacial score (nSPS) is 26.7. The number of piperazine rings is 1. The first-order chi connectivity index (χ1) is 12.3. The Morgan fingerprint density at radius 2 is 1.81 bits per heavy atom. The van der Waals surface area contributed by atoms with Gasteiger partial charge in [-0.2, -0.15) is 0 Å². The minimum absolute atomic E-state index is 0.0932. The van der Waals surface area contributed by atoms with Gasteiger partial charge in [0.1, 0.15) is 5.60 Å². The zero-order valence-electron chi connectivity index (χ0n) is 17.8. The first-order valence-corrected chi connectivity index (χ1v) is 13.6. The first kappa shape index (κ1) is 22.0. The lowest BCUT2D eigenvalue weighted by Gasteiger charge is -2.47. The lowest BCUT2D eigenvalue weighted by molar-refractivity contribution is -0.0473. The molecular formula is C19H36N2O5Si. The highest BCUT2D eigenvalue weighted by molar-refractivity contribution is 6.76. The van der Waals surface area contributed by atoms with Crippen molar-refractivity contribution in [3.63, 3.8) is 0 Å². The molecule has 2 rings (SSSR count). The van der Waals surface area contributed by atoms with Crippen LogP contribution in [0.3, 0.4) is 0 Å². The Morgan fingerprint density at radius 1 is 1.19 bits per heavy atom. The fourth-order valence-electron chi connectivity index (χ4n) is 3.89. The van der Waals surface area contributed by atoms with Crippen molar-refractivity contribution in [1.29, 1.82) is 0 Å². The molecule has 0 aromatic heterocycles. The summed E-state index contributed by atoms with van der Waals surface area (Å²) in [6.45, 7) is 14.7. The molecule has 27 heavy (non-hydrogen) atoms. The van der Waals surface area contributed by atoms with Crippen LogP contribution in [0.4, 0.5) is 9.59 Å². The van der Waals surface area contributed by atoms with Crippen LogP contribution in [-0.4, -0.2) is 78.1 Å². The molecule has 2 amide bonds. The van der Waals surface area contributed by atoms with Crippen LogP contribution in [0.25, 0.3) is 0 Å². The van der Waals surface area contributed by atoms with Gasteiger partial charge < -0.3 is 14.6 Å². The van der Waals surface area contributed by atoms with Gasteiger partial charge in [-0.3, -0.25) is 9.80 Å². The first-order valence-electron chi connectivity index (χ1n) is 9.93. The van der Waals surface area contributed by atoms with Crippen LogP contribution in [-0.2, 0) is 9.47 Å². The van der Waals surface area contributed by atoms with Gasteiger partial charge in [0.25, 0.3) is 0 Å². The minimum atomic E-state index is -1.29. The van der Waals surface area contributed by atoms with Crippen molar-refractivity contribution in [2.45, 2.75) is 96.1 Å². The smallest absolute Gasteiger partial charge is 0.410 e. The van der Waals surface area contributed by atoms with E-state index >= 15 is 0 Å². The fourth-order valence-corrected chi connectivity index (χ4v) is 4.60. The molecule has 2 fully saturated rings. The molecule has 7 nitrogen and oxygen atoms in total. The van der Waals surface area contributed by atoms with E-state index in [4.69, 9.17) is 9.47 Å². The molecule has 2 aliphatic rings. The van der Waals surface area contributed by atoms with Gasteiger partial charge in [0.05, 0.1) is 30.8 Å². The van der Waals surface area contributed by atoms with Gasteiger partial charge in [-0.1, -0.05) is 19.6 Å². The van der Waals surface area contributed by atoms with Crippen LogP contribution in [0.5, 0.6) is 0 Å². The summed E-state index contributed by atoms with van der Waals surface area (Å²) in [6, 6.07) is 0.0891. The topological polar surface area (TPSA) is 79.3 Å². The van der Waals surface area contributed by atoms with Gasteiger partial charge in [0.15, 0.2) is 0 Å². The van der Waals surface area contributed by atoms with E-state index in [2.05, 4.69) is 19.6 Å². The van der Waals surface area contributed by atoms with E-state index < -0.39 is 25.8 Å². The van der Waals surface area contributed by atoms with Crippen LogP contribution >= 0.6 is 0 Å². The monoisotopic (exact) mass is 400 g/mol. The molecule has 2 aliphatic heterocycles. The molecule has 0 saturated carbocycles. The number of hydrogen-bond donors (Lipinski definition) is 1. The molecule has 1 N–H and O–H groups in total. The number of aliphatic hydroxyl groups is 1. The van der Waals surface area contributed by atoms with Crippen LogP contribution < -0.4 is 0 Å². The standard InChI is InChI=1S/C19H36N2O5Si/c1-13(22)16-15-9-8-14(21(15)18(24)26-19(2,3)4)12-20(16)17(23)25-10-11-27(5,6)7/h13-16,22H,8-12H2,1-7H3/t13-,14+,15-,16+/m0/s1. The lowest BCUT2D eigenvalue weighted by atomic mass is 9.98. The Kier molecular flexibility index (Phi) is 6.51. The number of ether oxygens (including phenoxy) is 2. The number of likely N-dealkylation sites (tertiary alicyclic amines) is 1. The number of hydrogen-bond acceptors (Lipinski definition) is 5. The lowest BCUT2D eigenvalue weighted by Crippen LogP contribution is -2.65. The van der Waals surface area contributed by atoms with Crippen molar-refractivity contribution >= 4 is 20.3 Å². The molecule has 2 saturated heterocycles. The SMILES string of the molecule is C[C@H](O)[C@@H]1[C@@H]2CC[C@H](CN1C(=O)OCC[Si](C)(C)C)N2C(=O)OC(C)(C)C. The Bertz CT molecular complexity index is 555. The highest BCUT2D eigenvalue weighted by Crippen LogP contribution is 2.37. The summed E-state index contributed by atoms with van der Waals surface area (Å²) in [5, 5.41) is 10.4. The molecule has 0 radical (unpaired) electrons. The molecule has 0 spiro atoms. The Labute approximate surface area is 164 Å². The third-order valence-corrected chi connectivity index (χ3v) is 6.82. The van der Waals surface area contributed by atoms with E-state index in [1.165, 1.54) is 0 Å². The van der Waals surface area contributed by atoms with Gasteiger partial charge in [-0.15, -0.1) is 0 Å². The molecule has 2 bridgehead atoms. The fraction of sp³-hybridized carbons (Fsp3) is 0.895. The average molecular weight is 401 g/mol. The number of fused-ring (bicyclic) bond motifs is 2. The second-order valence-electron chi connectivity index (χ2n) is 9.99. The van der Waals surface area contributed by atoms with Crippen LogP contribution in [0, 0.1) is 0 Å². The van der Waals surface area contributed by atoms with Gasteiger partial charge in [0, 0.05) is 14.6 Å². The highest BCUT2D eigenvalue weighted by atomic mass is 28.3. The highest BCUT2D eigenvalue weighted by Gasteiger charge is 2.52. The molecular weight excluding hydrogens is 364 g/mol. The second-order valence-corrected chi connectivity index (χ2v) is 15.6. The van der Waals surface area contributed by atoms with Crippen LogP contribution in [0.2, 0.25) is 25.7 Å². The quantitative estimate of drug-likeness (QED) is 0.733. The van der Waals surface area contributed by atoms with Crippen molar-refractivity contribution in [3.8, 4) is 0 Å². The Hall–Kier alpha value is -1.28. The molecule has 0 aromatic carbocycles. The minimum Gasteiger partial charge on any atom is -0.450 e. The van der Waals surface area contributed by atoms with Crippen LogP contribution in [0.1, 0.15) is 40.5 Å². The Morgan fingerprint density at radius 3 is 2.33 bits per heavy atom. The summed E-state index contributed by atoms with van der Waals surface area (Å²) in [5.74, 6) is 0. The van der Waals surface area contributed by atoms with E-state index in [0.29, 0.717) is 13.2 Å². The summed E-state index contributed by atoms with van der Waals surface area (Å²) < 4.78 is 11.1. The van der Waals surface area contributed by atoms with E-state index in [1.54, 1.807) is 16.7 Å². The summed E-state index contributed by atoms with van der Waals surface area (Å²) in [5.41, 5.74) is -0.580. The number of carbonyl (C=O) groups excluding carboxylic acids is 2. The number of amides is 2.